The fourth-order valence-electron chi connectivity index (χ4n) is 2.52. The molecular formula is C20H14ClN3OS2. The SMILES string of the molecule is CSc1ccc(/C=c2/sc3nc(/C=C/c4ccc(Cl)cc4)nn3c2=O)cc1. The second-order valence-corrected chi connectivity index (χ2v) is 8.06. The van der Waals surface area contributed by atoms with Gasteiger partial charge in [0.1, 0.15) is 0 Å². The molecule has 0 saturated carbocycles. The normalized spacial score (nSPS) is 12.4. The molecule has 0 saturated heterocycles. The highest BCUT2D eigenvalue weighted by Crippen LogP contribution is 2.15. The van der Waals surface area contributed by atoms with Crippen LogP contribution in [-0.4, -0.2) is 20.9 Å². The number of halogens is 1. The summed E-state index contributed by atoms with van der Waals surface area (Å²) in [5.74, 6) is 0.504. The topological polar surface area (TPSA) is 47.3 Å². The Labute approximate surface area is 168 Å². The van der Waals surface area contributed by atoms with Gasteiger partial charge >= 0.3 is 0 Å². The van der Waals surface area contributed by atoms with Crippen molar-refractivity contribution < 1.29 is 0 Å². The van der Waals surface area contributed by atoms with Crippen LogP contribution in [0.3, 0.4) is 0 Å². The average molecular weight is 412 g/mol. The third-order valence-electron chi connectivity index (χ3n) is 3.91. The summed E-state index contributed by atoms with van der Waals surface area (Å²) in [6.45, 7) is 0. The number of thioether (sulfide) groups is 1. The van der Waals surface area contributed by atoms with E-state index in [4.69, 9.17) is 11.6 Å². The van der Waals surface area contributed by atoms with Crippen molar-refractivity contribution in [3.8, 4) is 0 Å². The molecule has 0 aliphatic rings. The fourth-order valence-corrected chi connectivity index (χ4v) is 3.96. The predicted molar refractivity (Wildman–Crippen MR) is 115 cm³/mol. The molecule has 7 heteroatoms. The van der Waals surface area contributed by atoms with Crippen molar-refractivity contribution in [2.45, 2.75) is 4.90 Å². The van der Waals surface area contributed by atoms with E-state index in [1.165, 1.54) is 20.7 Å². The van der Waals surface area contributed by atoms with Gasteiger partial charge in [-0.05, 0) is 53.8 Å². The van der Waals surface area contributed by atoms with E-state index in [-0.39, 0.29) is 5.56 Å². The van der Waals surface area contributed by atoms with Gasteiger partial charge in [-0.15, -0.1) is 16.9 Å². The van der Waals surface area contributed by atoms with E-state index < -0.39 is 0 Å². The standard InChI is InChI=1S/C20H14ClN3OS2/c1-26-16-9-4-14(5-10-16)12-17-19(25)24-20(27-17)22-18(23-24)11-6-13-2-7-15(21)8-3-13/h2-12H,1H3/b11-6+,17-12+. The first-order valence-corrected chi connectivity index (χ1v) is 10.5. The van der Waals surface area contributed by atoms with E-state index in [9.17, 15) is 4.79 Å². The molecule has 0 bridgehead atoms. The monoisotopic (exact) mass is 411 g/mol. The van der Waals surface area contributed by atoms with Crippen LogP contribution in [0.25, 0.3) is 23.2 Å². The number of rotatable bonds is 4. The molecule has 0 aliphatic carbocycles. The summed E-state index contributed by atoms with van der Waals surface area (Å²) < 4.78 is 1.98. The third kappa shape index (κ3) is 3.98. The number of fused-ring (bicyclic) bond motifs is 1. The molecule has 0 aliphatic heterocycles. The van der Waals surface area contributed by atoms with Crippen molar-refractivity contribution in [3.05, 3.63) is 85.4 Å². The van der Waals surface area contributed by atoms with Crippen LogP contribution in [0.15, 0.2) is 58.2 Å². The molecule has 4 nitrogen and oxygen atoms in total. The number of benzene rings is 2. The molecule has 0 spiro atoms. The van der Waals surface area contributed by atoms with Crippen molar-refractivity contribution in [1.82, 2.24) is 14.6 Å². The van der Waals surface area contributed by atoms with Crippen LogP contribution in [0, 0.1) is 0 Å². The smallest absolute Gasteiger partial charge is 0.266 e. The van der Waals surface area contributed by atoms with Gasteiger partial charge in [-0.25, -0.2) is 0 Å². The van der Waals surface area contributed by atoms with Gasteiger partial charge in [0, 0.05) is 9.92 Å². The highest BCUT2D eigenvalue weighted by Gasteiger charge is 2.08. The maximum atomic E-state index is 12.6. The maximum Gasteiger partial charge on any atom is 0.291 e. The van der Waals surface area contributed by atoms with Gasteiger partial charge in [-0.3, -0.25) is 4.79 Å². The first-order valence-electron chi connectivity index (χ1n) is 8.11. The average Bonchev–Trinajstić information content (AvgIpc) is 3.21. The zero-order chi connectivity index (χ0) is 18.8. The Morgan fingerprint density at radius 2 is 1.74 bits per heavy atom. The lowest BCUT2D eigenvalue weighted by atomic mass is 10.2. The first-order chi connectivity index (χ1) is 13.1. The molecule has 2 heterocycles. The van der Waals surface area contributed by atoms with Crippen LogP contribution in [0.2, 0.25) is 5.02 Å². The fraction of sp³-hybridized carbons (Fsp3) is 0.0500. The van der Waals surface area contributed by atoms with Crippen molar-refractivity contribution in [2.75, 3.05) is 6.26 Å². The summed E-state index contributed by atoms with van der Waals surface area (Å²) in [5, 5.41) is 4.99. The summed E-state index contributed by atoms with van der Waals surface area (Å²) in [4.78, 5) is 18.8. The molecule has 0 N–H and O–H groups in total. The Bertz CT molecular complexity index is 1230. The third-order valence-corrected chi connectivity index (χ3v) is 5.86. The van der Waals surface area contributed by atoms with E-state index >= 15 is 0 Å². The lowest BCUT2D eigenvalue weighted by Gasteiger charge is -1.95. The van der Waals surface area contributed by atoms with E-state index in [1.54, 1.807) is 17.8 Å². The quantitative estimate of drug-likeness (QED) is 0.471. The largest absolute Gasteiger partial charge is 0.291 e. The van der Waals surface area contributed by atoms with Crippen LogP contribution in [-0.2, 0) is 0 Å². The zero-order valence-electron chi connectivity index (χ0n) is 14.3. The summed E-state index contributed by atoms with van der Waals surface area (Å²) in [6, 6.07) is 15.5. The van der Waals surface area contributed by atoms with Gasteiger partial charge in [0.2, 0.25) is 4.96 Å². The molecule has 2 aromatic carbocycles. The van der Waals surface area contributed by atoms with Gasteiger partial charge in [0.05, 0.1) is 4.53 Å². The zero-order valence-corrected chi connectivity index (χ0v) is 16.7. The van der Waals surface area contributed by atoms with E-state index in [0.717, 1.165) is 11.1 Å². The van der Waals surface area contributed by atoms with Crippen LogP contribution in [0.5, 0.6) is 0 Å². The summed E-state index contributed by atoms with van der Waals surface area (Å²) in [6.07, 6.45) is 7.58. The lowest BCUT2D eigenvalue weighted by Crippen LogP contribution is -2.23. The molecule has 0 atom stereocenters. The van der Waals surface area contributed by atoms with Gasteiger partial charge in [0.25, 0.3) is 5.56 Å². The summed E-state index contributed by atoms with van der Waals surface area (Å²) >= 11 is 8.91. The van der Waals surface area contributed by atoms with Gasteiger partial charge in [-0.1, -0.05) is 53.3 Å². The maximum absolute atomic E-state index is 12.6. The lowest BCUT2D eigenvalue weighted by molar-refractivity contribution is 0.925. The van der Waals surface area contributed by atoms with Crippen molar-refractivity contribution in [2.24, 2.45) is 0 Å². The highest BCUT2D eigenvalue weighted by atomic mass is 35.5. The van der Waals surface area contributed by atoms with Gasteiger partial charge in [-0.2, -0.15) is 9.50 Å². The molecule has 2 aromatic heterocycles. The molecular weight excluding hydrogens is 398 g/mol. The molecule has 4 aromatic rings. The van der Waals surface area contributed by atoms with Gasteiger partial charge in [0.15, 0.2) is 5.82 Å². The number of aromatic nitrogens is 3. The molecule has 27 heavy (non-hydrogen) atoms. The van der Waals surface area contributed by atoms with Gasteiger partial charge < -0.3 is 0 Å². The summed E-state index contributed by atoms with van der Waals surface area (Å²) in [5.41, 5.74) is 1.82. The molecule has 0 fully saturated rings. The number of nitrogens with zero attached hydrogens (tertiary/aromatic N) is 3. The van der Waals surface area contributed by atoms with Crippen molar-refractivity contribution >= 4 is 57.9 Å². The minimum atomic E-state index is -0.150. The minimum Gasteiger partial charge on any atom is -0.266 e. The Hall–Kier alpha value is -2.41. The van der Waals surface area contributed by atoms with Crippen LogP contribution >= 0.6 is 34.7 Å². The van der Waals surface area contributed by atoms with Crippen LogP contribution in [0.1, 0.15) is 17.0 Å². The minimum absolute atomic E-state index is 0.150. The predicted octanol–water partition coefficient (Wildman–Crippen LogP) is 4.24. The second-order valence-electron chi connectivity index (χ2n) is 5.74. The molecule has 0 unspecified atom stereocenters. The highest BCUT2D eigenvalue weighted by molar-refractivity contribution is 7.98. The summed E-state index contributed by atoms with van der Waals surface area (Å²) in [7, 11) is 0. The number of hydrogen-bond donors (Lipinski definition) is 0. The molecule has 134 valence electrons. The Balaban J connectivity index is 1.64. The van der Waals surface area contributed by atoms with E-state index in [1.807, 2.05) is 66.9 Å². The Morgan fingerprint density at radius 1 is 1.04 bits per heavy atom. The number of thiazole rings is 1. The van der Waals surface area contributed by atoms with Crippen molar-refractivity contribution in [3.63, 3.8) is 0 Å². The second kappa shape index (κ2) is 7.68. The van der Waals surface area contributed by atoms with Crippen LogP contribution in [0.4, 0.5) is 0 Å². The Kier molecular flexibility index (Phi) is 5.11. The van der Waals surface area contributed by atoms with E-state index in [2.05, 4.69) is 10.1 Å². The number of hydrogen-bond acceptors (Lipinski definition) is 5. The van der Waals surface area contributed by atoms with E-state index in [0.29, 0.717) is 20.3 Å². The molecule has 4 rings (SSSR count). The molecule has 0 amide bonds. The first kappa shape index (κ1) is 18.0. The van der Waals surface area contributed by atoms with Crippen LogP contribution < -0.4 is 10.1 Å². The molecule has 0 radical (unpaired) electrons. The Morgan fingerprint density at radius 3 is 2.41 bits per heavy atom. The van der Waals surface area contributed by atoms with Crippen molar-refractivity contribution in [1.29, 1.82) is 0 Å².